The fraction of sp³-hybridized carbons (Fsp3) is 0.733. The van der Waals surface area contributed by atoms with Gasteiger partial charge in [-0.3, -0.25) is 9.48 Å². The predicted molar refractivity (Wildman–Crippen MR) is 100 cm³/mol. The summed E-state index contributed by atoms with van der Waals surface area (Å²) in [6, 6.07) is 0.689. The van der Waals surface area contributed by atoms with E-state index >= 15 is 0 Å². The summed E-state index contributed by atoms with van der Waals surface area (Å²) >= 11 is 1.94. The normalized spacial score (nSPS) is 24.5. The molecule has 1 N–H and O–H groups in total. The number of nitrogens with zero attached hydrogens (tertiary/aromatic N) is 3. The molecule has 0 bridgehead atoms. The van der Waals surface area contributed by atoms with Gasteiger partial charge in [-0.25, -0.2) is 0 Å². The average Bonchev–Trinajstić information content (AvgIpc) is 2.95. The molecule has 0 aromatic carbocycles. The number of rotatable bonds is 3. The maximum absolute atomic E-state index is 12.5. The highest BCUT2D eigenvalue weighted by Crippen LogP contribution is 2.22. The first-order valence-corrected chi connectivity index (χ1v) is 8.97. The van der Waals surface area contributed by atoms with Crippen molar-refractivity contribution < 1.29 is 4.79 Å². The minimum absolute atomic E-state index is 0. The van der Waals surface area contributed by atoms with Crippen LogP contribution in [0.15, 0.2) is 12.4 Å². The first-order chi connectivity index (χ1) is 10.2. The van der Waals surface area contributed by atoms with Crippen molar-refractivity contribution in [1.82, 2.24) is 20.0 Å². The lowest BCUT2D eigenvalue weighted by Crippen LogP contribution is -2.45. The monoisotopic (exact) mass is 380 g/mol. The number of nitrogens with one attached hydrogen (secondary N) is 1. The molecule has 1 amide bonds. The molecule has 0 saturated carbocycles. The molecule has 8 heteroatoms. The predicted octanol–water partition coefficient (Wildman–Crippen LogP) is 2.29. The Morgan fingerprint density at radius 3 is 2.96 bits per heavy atom. The van der Waals surface area contributed by atoms with Gasteiger partial charge >= 0.3 is 0 Å². The van der Waals surface area contributed by atoms with Crippen molar-refractivity contribution >= 4 is 42.5 Å². The van der Waals surface area contributed by atoms with Gasteiger partial charge in [0, 0.05) is 49.8 Å². The second kappa shape index (κ2) is 9.77. The summed E-state index contributed by atoms with van der Waals surface area (Å²) < 4.78 is 2.03. The number of hydrogen-bond acceptors (Lipinski definition) is 4. The van der Waals surface area contributed by atoms with E-state index in [1.807, 2.05) is 27.5 Å². The van der Waals surface area contributed by atoms with Crippen LogP contribution in [0, 0.1) is 6.92 Å². The highest BCUT2D eigenvalue weighted by molar-refractivity contribution is 7.99. The molecule has 5 nitrogen and oxygen atoms in total. The Morgan fingerprint density at radius 2 is 2.30 bits per heavy atom. The largest absolute Gasteiger partial charge is 0.341 e. The number of halogens is 2. The molecule has 3 heterocycles. The Labute approximate surface area is 154 Å². The molecule has 2 aliphatic heterocycles. The molecular formula is C15H26Cl2N4OS. The number of aromatic nitrogens is 2. The third-order valence-electron chi connectivity index (χ3n) is 4.27. The van der Waals surface area contributed by atoms with E-state index in [-0.39, 0.29) is 24.8 Å². The van der Waals surface area contributed by atoms with Crippen molar-refractivity contribution in [3.05, 3.63) is 18.0 Å². The van der Waals surface area contributed by atoms with Crippen LogP contribution >= 0.6 is 36.6 Å². The van der Waals surface area contributed by atoms with Crippen LogP contribution < -0.4 is 5.32 Å². The Bertz CT molecular complexity index is 494. The van der Waals surface area contributed by atoms with Crippen LogP contribution in [-0.4, -0.2) is 57.8 Å². The number of thioether (sulfide) groups is 1. The van der Waals surface area contributed by atoms with Crippen molar-refractivity contribution in [2.75, 3.05) is 31.1 Å². The van der Waals surface area contributed by atoms with Crippen molar-refractivity contribution in [3.63, 3.8) is 0 Å². The molecular weight excluding hydrogens is 355 g/mol. The van der Waals surface area contributed by atoms with E-state index in [0.29, 0.717) is 24.4 Å². The molecule has 0 radical (unpaired) electrons. The van der Waals surface area contributed by atoms with E-state index in [2.05, 4.69) is 23.5 Å². The van der Waals surface area contributed by atoms with Crippen molar-refractivity contribution in [3.8, 4) is 0 Å². The van der Waals surface area contributed by atoms with Crippen LogP contribution in [0.25, 0.3) is 0 Å². The summed E-state index contributed by atoms with van der Waals surface area (Å²) in [6.07, 6.45) is 6.80. The maximum atomic E-state index is 12.5. The van der Waals surface area contributed by atoms with Gasteiger partial charge in [0.1, 0.15) is 0 Å². The van der Waals surface area contributed by atoms with Gasteiger partial charge in [0.25, 0.3) is 0 Å². The van der Waals surface area contributed by atoms with E-state index in [1.54, 1.807) is 0 Å². The van der Waals surface area contributed by atoms with E-state index in [1.165, 1.54) is 5.56 Å². The fourth-order valence-electron chi connectivity index (χ4n) is 3.12. The lowest BCUT2D eigenvalue weighted by molar-refractivity contribution is -0.133. The number of amides is 1. The zero-order valence-electron chi connectivity index (χ0n) is 13.4. The maximum Gasteiger partial charge on any atom is 0.224 e. The highest BCUT2D eigenvalue weighted by atomic mass is 35.5. The van der Waals surface area contributed by atoms with Gasteiger partial charge in [0.15, 0.2) is 0 Å². The Hall–Kier alpha value is -0.430. The first-order valence-electron chi connectivity index (χ1n) is 7.82. The number of carbonyl (C=O) groups excluding carboxylic acids is 1. The average molecular weight is 381 g/mol. The number of carbonyl (C=O) groups is 1. The summed E-state index contributed by atoms with van der Waals surface area (Å²) in [5, 5.41) is 7.86. The van der Waals surface area contributed by atoms with Crippen molar-refractivity contribution in [2.45, 2.75) is 38.3 Å². The molecule has 132 valence electrons. The Morgan fingerprint density at radius 1 is 1.48 bits per heavy atom. The second-order valence-electron chi connectivity index (χ2n) is 6.06. The lowest BCUT2D eigenvalue weighted by Gasteiger charge is -2.34. The third kappa shape index (κ3) is 5.55. The van der Waals surface area contributed by atoms with Crippen LogP contribution in [0.5, 0.6) is 0 Å². The SMILES string of the molecule is Cc1cnn(C2CCCN(C(=O)CC3CSCCN3)C2)c1.Cl.Cl. The number of piperidine rings is 1. The molecule has 3 rings (SSSR count). The third-order valence-corrected chi connectivity index (χ3v) is 5.40. The highest BCUT2D eigenvalue weighted by Gasteiger charge is 2.27. The topological polar surface area (TPSA) is 50.2 Å². The molecule has 2 unspecified atom stereocenters. The van der Waals surface area contributed by atoms with Gasteiger partial charge in [-0.1, -0.05) is 0 Å². The quantitative estimate of drug-likeness (QED) is 0.873. The minimum atomic E-state index is 0. The number of hydrogen-bond donors (Lipinski definition) is 1. The molecule has 0 aliphatic carbocycles. The molecule has 1 aromatic heterocycles. The summed E-state index contributed by atoms with van der Waals surface area (Å²) in [5.74, 6) is 2.51. The summed E-state index contributed by atoms with van der Waals surface area (Å²) in [7, 11) is 0. The summed E-state index contributed by atoms with van der Waals surface area (Å²) in [4.78, 5) is 14.5. The van der Waals surface area contributed by atoms with Crippen LogP contribution in [0.1, 0.15) is 30.9 Å². The standard InChI is InChI=1S/C15H24N4OS.2ClH/c1-12-8-17-19(9-12)14-3-2-5-18(10-14)15(20)7-13-11-21-6-4-16-13;;/h8-9,13-14,16H,2-7,10-11H2,1H3;2*1H. The first kappa shape index (κ1) is 20.6. The van der Waals surface area contributed by atoms with Gasteiger partial charge < -0.3 is 10.2 Å². The molecule has 2 aliphatic rings. The van der Waals surface area contributed by atoms with Crippen LogP contribution in [0.4, 0.5) is 0 Å². The number of aryl methyl sites for hydroxylation is 1. The summed E-state index contributed by atoms with van der Waals surface area (Å²) in [6.45, 7) is 4.79. The molecule has 2 saturated heterocycles. The van der Waals surface area contributed by atoms with Crippen LogP contribution in [-0.2, 0) is 4.79 Å². The van der Waals surface area contributed by atoms with Gasteiger partial charge in [-0.15, -0.1) is 24.8 Å². The van der Waals surface area contributed by atoms with E-state index < -0.39 is 0 Å². The smallest absolute Gasteiger partial charge is 0.224 e. The molecule has 2 fully saturated rings. The molecule has 2 atom stereocenters. The van der Waals surface area contributed by atoms with Gasteiger partial charge in [0.2, 0.25) is 5.91 Å². The minimum Gasteiger partial charge on any atom is -0.341 e. The molecule has 23 heavy (non-hydrogen) atoms. The Kier molecular flexibility index (Phi) is 8.75. The molecule has 0 spiro atoms. The van der Waals surface area contributed by atoms with Crippen LogP contribution in [0.2, 0.25) is 0 Å². The second-order valence-corrected chi connectivity index (χ2v) is 7.21. The van der Waals surface area contributed by atoms with Crippen molar-refractivity contribution in [1.29, 1.82) is 0 Å². The fourth-order valence-corrected chi connectivity index (χ4v) is 4.07. The van der Waals surface area contributed by atoms with Gasteiger partial charge in [-0.05, 0) is 25.3 Å². The van der Waals surface area contributed by atoms with Crippen molar-refractivity contribution in [2.24, 2.45) is 0 Å². The number of likely N-dealkylation sites (tertiary alicyclic amines) is 1. The van der Waals surface area contributed by atoms with E-state index in [9.17, 15) is 4.79 Å². The summed E-state index contributed by atoms with van der Waals surface area (Å²) in [5.41, 5.74) is 1.18. The zero-order valence-corrected chi connectivity index (χ0v) is 15.9. The Balaban J connectivity index is 0.00000132. The van der Waals surface area contributed by atoms with Gasteiger partial charge in [-0.2, -0.15) is 16.9 Å². The van der Waals surface area contributed by atoms with Gasteiger partial charge in [0.05, 0.1) is 12.2 Å². The van der Waals surface area contributed by atoms with Crippen LogP contribution in [0.3, 0.4) is 0 Å². The van der Waals surface area contributed by atoms with E-state index in [0.717, 1.165) is 44.0 Å². The van der Waals surface area contributed by atoms with E-state index in [4.69, 9.17) is 0 Å². The zero-order chi connectivity index (χ0) is 14.7. The lowest BCUT2D eigenvalue weighted by atomic mass is 10.0. The molecule has 1 aromatic rings.